The average Bonchev–Trinajstić information content (AvgIpc) is 3.25. The Labute approximate surface area is 238 Å². The van der Waals surface area contributed by atoms with Crippen LogP contribution >= 0.6 is 0 Å². The average molecular weight is 554 g/mol. The first-order valence-corrected chi connectivity index (χ1v) is 14.1. The minimum Gasteiger partial charge on any atom is -0.301 e. The third-order valence-electron chi connectivity index (χ3n) is 7.89. The molecule has 210 valence electrons. The standard InChI is InChI=1S/C33H33F2N5O/c1-24-11-16-30-32(36-24)39(40(33(30)41)29-9-3-2-4-10-29)18-6-17-37-19-21-38(22-20-37)31(25-12-14-27(34)15-13-25)26-7-5-8-28(35)23-26/h2-5,7-16,23,31H,6,17-22H2,1H3. The Morgan fingerprint density at radius 3 is 2.27 bits per heavy atom. The molecule has 1 unspecified atom stereocenters. The molecule has 3 aromatic carbocycles. The molecule has 41 heavy (non-hydrogen) atoms. The molecule has 1 atom stereocenters. The maximum Gasteiger partial charge on any atom is 0.280 e. The summed E-state index contributed by atoms with van der Waals surface area (Å²) in [7, 11) is 0. The van der Waals surface area contributed by atoms with Gasteiger partial charge < -0.3 is 4.90 Å². The monoisotopic (exact) mass is 553 g/mol. The molecule has 3 heterocycles. The van der Waals surface area contributed by atoms with E-state index >= 15 is 0 Å². The summed E-state index contributed by atoms with van der Waals surface area (Å²) in [6.07, 6.45) is 0.858. The number of hydrogen-bond donors (Lipinski definition) is 0. The highest BCUT2D eigenvalue weighted by Gasteiger charge is 2.27. The number of halogens is 2. The number of nitrogens with zero attached hydrogens (tertiary/aromatic N) is 5. The van der Waals surface area contributed by atoms with Crippen molar-refractivity contribution in [2.75, 3.05) is 32.7 Å². The van der Waals surface area contributed by atoms with E-state index < -0.39 is 0 Å². The fourth-order valence-electron chi connectivity index (χ4n) is 5.88. The normalized spacial score (nSPS) is 15.4. The van der Waals surface area contributed by atoms with Crippen LogP contribution in [0.15, 0.2) is 95.8 Å². The van der Waals surface area contributed by atoms with Gasteiger partial charge in [0, 0.05) is 38.4 Å². The lowest BCUT2D eigenvalue weighted by Gasteiger charge is -2.40. The molecule has 1 saturated heterocycles. The predicted molar refractivity (Wildman–Crippen MR) is 157 cm³/mol. The Kier molecular flexibility index (Phi) is 7.76. The van der Waals surface area contributed by atoms with E-state index in [2.05, 4.69) is 9.80 Å². The predicted octanol–water partition coefficient (Wildman–Crippen LogP) is 5.57. The summed E-state index contributed by atoms with van der Waals surface area (Å²) in [6, 6.07) is 26.5. The Morgan fingerprint density at radius 1 is 0.780 bits per heavy atom. The fourth-order valence-corrected chi connectivity index (χ4v) is 5.88. The number of aromatic nitrogens is 3. The lowest BCUT2D eigenvalue weighted by molar-refractivity contribution is 0.107. The van der Waals surface area contributed by atoms with E-state index in [9.17, 15) is 13.6 Å². The number of para-hydroxylation sites is 1. The maximum absolute atomic E-state index is 14.2. The van der Waals surface area contributed by atoms with Gasteiger partial charge in [0.05, 0.1) is 17.1 Å². The van der Waals surface area contributed by atoms with Crippen molar-refractivity contribution in [1.29, 1.82) is 0 Å². The van der Waals surface area contributed by atoms with Crippen molar-refractivity contribution in [3.8, 4) is 5.69 Å². The van der Waals surface area contributed by atoms with Gasteiger partial charge in [0.2, 0.25) is 0 Å². The van der Waals surface area contributed by atoms with Gasteiger partial charge in [0.25, 0.3) is 5.56 Å². The smallest absolute Gasteiger partial charge is 0.280 e. The second-order valence-electron chi connectivity index (χ2n) is 10.6. The topological polar surface area (TPSA) is 46.3 Å². The maximum atomic E-state index is 14.2. The largest absolute Gasteiger partial charge is 0.301 e. The zero-order chi connectivity index (χ0) is 28.3. The highest BCUT2D eigenvalue weighted by atomic mass is 19.1. The first-order chi connectivity index (χ1) is 20.0. The van der Waals surface area contributed by atoms with Crippen LogP contribution in [0.25, 0.3) is 16.7 Å². The van der Waals surface area contributed by atoms with Gasteiger partial charge in [-0.15, -0.1) is 0 Å². The van der Waals surface area contributed by atoms with Crippen molar-refractivity contribution in [2.45, 2.75) is 25.9 Å². The molecule has 6 nitrogen and oxygen atoms in total. The third kappa shape index (κ3) is 5.71. The van der Waals surface area contributed by atoms with Crippen molar-refractivity contribution >= 4 is 11.0 Å². The zero-order valence-corrected chi connectivity index (χ0v) is 23.1. The van der Waals surface area contributed by atoms with Crippen molar-refractivity contribution in [1.82, 2.24) is 24.1 Å². The number of fused-ring (bicyclic) bond motifs is 1. The van der Waals surface area contributed by atoms with Gasteiger partial charge in [-0.25, -0.2) is 18.4 Å². The van der Waals surface area contributed by atoms with Crippen molar-refractivity contribution < 1.29 is 8.78 Å². The summed E-state index contributed by atoms with van der Waals surface area (Å²) < 4.78 is 31.6. The molecule has 5 aromatic rings. The highest BCUT2D eigenvalue weighted by molar-refractivity contribution is 5.75. The Balaban J connectivity index is 1.16. The molecular formula is C33H33F2N5O. The van der Waals surface area contributed by atoms with Crippen LogP contribution in [0.4, 0.5) is 8.78 Å². The molecule has 0 N–H and O–H groups in total. The van der Waals surface area contributed by atoms with Gasteiger partial charge in [-0.3, -0.25) is 14.4 Å². The molecule has 1 fully saturated rings. The second-order valence-corrected chi connectivity index (χ2v) is 10.6. The lowest BCUT2D eigenvalue weighted by Crippen LogP contribution is -2.48. The van der Waals surface area contributed by atoms with Crippen molar-refractivity contribution in [3.63, 3.8) is 0 Å². The van der Waals surface area contributed by atoms with Gasteiger partial charge in [-0.05, 0) is 79.5 Å². The van der Waals surface area contributed by atoms with Gasteiger partial charge in [-0.1, -0.05) is 42.5 Å². The van der Waals surface area contributed by atoms with Crippen LogP contribution in [0.1, 0.15) is 29.3 Å². The molecule has 0 radical (unpaired) electrons. The summed E-state index contributed by atoms with van der Waals surface area (Å²) in [5, 5.41) is 0.622. The van der Waals surface area contributed by atoms with Crippen LogP contribution in [0, 0.1) is 18.6 Å². The molecule has 0 bridgehead atoms. The molecular weight excluding hydrogens is 520 g/mol. The van der Waals surface area contributed by atoms with Gasteiger partial charge in [-0.2, -0.15) is 0 Å². The van der Waals surface area contributed by atoms with Gasteiger partial charge in [0.1, 0.15) is 11.6 Å². The van der Waals surface area contributed by atoms with Crippen LogP contribution in [0.3, 0.4) is 0 Å². The summed E-state index contributed by atoms with van der Waals surface area (Å²) >= 11 is 0. The quantitative estimate of drug-likeness (QED) is 0.252. The Hall–Kier alpha value is -4.14. The number of pyridine rings is 1. The summed E-state index contributed by atoms with van der Waals surface area (Å²) in [4.78, 5) is 22.8. The minimum absolute atomic E-state index is 0.0588. The molecule has 0 aliphatic carbocycles. The van der Waals surface area contributed by atoms with E-state index in [1.807, 2.05) is 60.1 Å². The Bertz CT molecular complexity index is 1690. The second kappa shape index (κ2) is 11.8. The summed E-state index contributed by atoms with van der Waals surface area (Å²) in [6.45, 7) is 6.82. The van der Waals surface area contributed by atoms with Crippen LogP contribution in [0.2, 0.25) is 0 Å². The van der Waals surface area contributed by atoms with E-state index in [-0.39, 0.29) is 23.2 Å². The molecule has 0 saturated carbocycles. The Morgan fingerprint density at radius 2 is 1.54 bits per heavy atom. The number of rotatable bonds is 8. The molecule has 0 amide bonds. The molecule has 1 aliphatic heterocycles. The molecule has 0 spiro atoms. The number of benzene rings is 3. The van der Waals surface area contributed by atoms with Gasteiger partial charge in [0.15, 0.2) is 5.65 Å². The van der Waals surface area contributed by atoms with Crippen LogP contribution in [-0.2, 0) is 6.54 Å². The minimum atomic E-state index is -0.282. The zero-order valence-electron chi connectivity index (χ0n) is 23.1. The molecule has 1 aliphatic rings. The molecule has 6 rings (SSSR count). The SMILES string of the molecule is Cc1ccc2c(=O)n(-c3ccccc3)n(CCCN3CCN(C(c4ccc(F)cc4)c4cccc(F)c4)CC3)c2n1. The number of aryl methyl sites for hydroxylation is 2. The van der Waals surface area contributed by atoms with Crippen LogP contribution in [0.5, 0.6) is 0 Å². The highest BCUT2D eigenvalue weighted by Crippen LogP contribution is 2.30. The summed E-state index contributed by atoms with van der Waals surface area (Å²) in [5.41, 5.74) is 4.17. The lowest BCUT2D eigenvalue weighted by atomic mass is 9.96. The number of hydrogen-bond acceptors (Lipinski definition) is 4. The van der Waals surface area contributed by atoms with Crippen molar-refractivity contribution in [2.24, 2.45) is 0 Å². The van der Waals surface area contributed by atoms with E-state index in [0.717, 1.165) is 61.7 Å². The first kappa shape index (κ1) is 27.1. The molecule has 2 aromatic heterocycles. The fraction of sp³-hybridized carbons (Fsp3) is 0.273. The van der Waals surface area contributed by atoms with E-state index in [1.54, 1.807) is 28.9 Å². The van der Waals surface area contributed by atoms with Gasteiger partial charge >= 0.3 is 0 Å². The van der Waals surface area contributed by atoms with Crippen LogP contribution in [-0.4, -0.2) is 56.9 Å². The third-order valence-corrected chi connectivity index (χ3v) is 7.89. The van der Waals surface area contributed by atoms with E-state index in [1.165, 1.54) is 18.2 Å². The number of piperazine rings is 1. The van der Waals surface area contributed by atoms with E-state index in [0.29, 0.717) is 17.6 Å². The molecule has 8 heteroatoms. The van der Waals surface area contributed by atoms with E-state index in [4.69, 9.17) is 4.98 Å². The van der Waals surface area contributed by atoms with Crippen molar-refractivity contribution in [3.05, 3.63) is 130 Å². The summed E-state index contributed by atoms with van der Waals surface area (Å²) in [5.74, 6) is -0.556. The first-order valence-electron chi connectivity index (χ1n) is 14.1. The van der Waals surface area contributed by atoms with Crippen LogP contribution < -0.4 is 5.56 Å².